The minimum absolute atomic E-state index is 0.926. The van der Waals surface area contributed by atoms with Gasteiger partial charge in [-0.25, -0.2) is 0 Å². The Hall–Kier alpha value is -0.0431. The van der Waals surface area contributed by atoms with Gasteiger partial charge in [0.2, 0.25) is 0 Å². The van der Waals surface area contributed by atoms with Crippen molar-refractivity contribution in [3.63, 3.8) is 0 Å². The molecule has 26 valence electrons. The van der Waals surface area contributed by atoms with Gasteiger partial charge in [0.15, 0.2) is 0 Å². The lowest BCUT2D eigenvalue weighted by atomic mass is 10.5. The van der Waals surface area contributed by atoms with E-state index in [9.17, 15) is 0 Å². The van der Waals surface area contributed by atoms with E-state index < -0.39 is 0 Å². The van der Waals surface area contributed by atoms with Crippen LogP contribution in [0.1, 0.15) is 0 Å². The average Bonchev–Trinajstić information content (AvgIpc) is 2.12. The van der Waals surface area contributed by atoms with Gasteiger partial charge < -0.3 is 0 Å². The van der Waals surface area contributed by atoms with Crippen LogP contribution in [0.2, 0.25) is 11.6 Å². The van der Waals surface area contributed by atoms with E-state index in [0.717, 1.165) is 5.54 Å². The molecule has 1 atom stereocenters. The van der Waals surface area contributed by atoms with Crippen molar-refractivity contribution in [3.05, 3.63) is 12.7 Å². The molecule has 0 aliphatic carbocycles. The molecule has 0 nitrogen and oxygen atoms in total. The van der Waals surface area contributed by atoms with Crippen LogP contribution in [0.15, 0.2) is 12.7 Å². The molecule has 1 aliphatic heterocycles. The predicted molar refractivity (Wildman–Crippen MR) is 24.5 cm³/mol. The third-order valence-corrected chi connectivity index (χ3v) is 1.84. The highest BCUT2D eigenvalue weighted by Crippen LogP contribution is 2.26. The Morgan fingerprint density at radius 2 is 2.60 bits per heavy atom. The molecule has 1 heterocycles. The van der Waals surface area contributed by atoms with Gasteiger partial charge in [-0.2, -0.15) is 0 Å². The highest BCUT2D eigenvalue weighted by molar-refractivity contribution is 6.51. The molecule has 0 aromatic rings. The Morgan fingerprint density at radius 3 is 2.60 bits per heavy atom. The largest absolute Gasteiger partial charge is 0.103 e. The van der Waals surface area contributed by atoms with Crippen molar-refractivity contribution in [2.75, 3.05) is 0 Å². The molecule has 1 saturated heterocycles. The first-order valence-electron chi connectivity index (χ1n) is 1.79. The van der Waals surface area contributed by atoms with Crippen LogP contribution in [0, 0.1) is 0 Å². The predicted octanol–water partition coefficient (Wildman–Crippen LogP) is 1.10. The maximum Gasteiger partial charge on any atom is 0.0463 e. The summed E-state index contributed by atoms with van der Waals surface area (Å²) in [6.45, 7) is 3.63. The van der Waals surface area contributed by atoms with E-state index in [1.807, 2.05) is 6.08 Å². The second kappa shape index (κ2) is 0.975. The zero-order valence-corrected chi connectivity index (χ0v) is 4.07. The third kappa shape index (κ3) is 0.617. The standard InChI is InChI=1S/C4H6Si/c1-2-4-3-5-4/h2,4H,1,3H2/t4-/m0/s1. The van der Waals surface area contributed by atoms with E-state index >= 15 is 0 Å². The zero-order chi connectivity index (χ0) is 3.70. The SMILES string of the molecule is C=C[C@H]1C[Si]1. The van der Waals surface area contributed by atoms with Gasteiger partial charge in [0.25, 0.3) is 0 Å². The van der Waals surface area contributed by atoms with E-state index in [-0.39, 0.29) is 0 Å². The van der Waals surface area contributed by atoms with Gasteiger partial charge in [-0.1, -0.05) is 12.1 Å². The van der Waals surface area contributed by atoms with E-state index in [1.165, 1.54) is 15.6 Å². The van der Waals surface area contributed by atoms with Crippen LogP contribution in [0.4, 0.5) is 0 Å². The summed E-state index contributed by atoms with van der Waals surface area (Å²) in [7, 11) is 1.21. The molecular weight excluding hydrogens is 76.1 g/mol. The van der Waals surface area contributed by atoms with Crippen molar-refractivity contribution in [2.24, 2.45) is 0 Å². The van der Waals surface area contributed by atoms with Crippen LogP contribution < -0.4 is 0 Å². The molecular formula is C4H6Si. The molecule has 1 aliphatic rings. The fraction of sp³-hybridized carbons (Fsp3) is 0.500. The van der Waals surface area contributed by atoms with Crippen LogP contribution >= 0.6 is 0 Å². The Balaban J connectivity index is 2.21. The van der Waals surface area contributed by atoms with Crippen LogP contribution in [0.5, 0.6) is 0 Å². The van der Waals surface area contributed by atoms with Crippen molar-refractivity contribution in [2.45, 2.75) is 11.6 Å². The van der Waals surface area contributed by atoms with E-state index in [4.69, 9.17) is 0 Å². The van der Waals surface area contributed by atoms with Crippen LogP contribution in [0.25, 0.3) is 0 Å². The van der Waals surface area contributed by atoms with Gasteiger partial charge in [0.05, 0.1) is 0 Å². The van der Waals surface area contributed by atoms with Gasteiger partial charge in [-0.15, -0.1) is 6.58 Å². The van der Waals surface area contributed by atoms with Crippen molar-refractivity contribution in [1.29, 1.82) is 0 Å². The molecule has 0 amide bonds. The monoisotopic (exact) mass is 82.0 g/mol. The molecule has 0 aromatic carbocycles. The zero-order valence-electron chi connectivity index (χ0n) is 3.07. The fourth-order valence-electron chi connectivity index (χ4n) is 0.235. The Morgan fingerprint density at radius 1 is 2.00 bits per heavy atom. The molecule has 0 N–H and O–H groups in total. The first-order chi connectivity index (χ1) is 2.43. The third-order valence-electron chi connectivity index (χ3n) is 0.724. The van der Waals surface area contributed by atoms with E-state index in [0.29, 0.717) is 0 Å². The highest BCUT2D eigenvalue weighted by atomic mass is 28.2. The molecule has 1 fully saturated rings. The summed E-state index contributed by atoms with van der Waals surface area (Å²) in [5.41, 5.74) is 0.926. The van der Waals surface area contributed by atoms with Gasteiger partial charge in [-0.05, 0) is 5.54 Å². The van der Waals surface area contributed by atoms with Crippen molar-refractivity contribution in [1.82, 2.24) is 0 Å². The van der Waals surface area contributed by atoms with Crippen LogP contribution in [-0.4, -0.2) is 9.52 Å². The molecule has 0 aromatic heterocycles. The van der Waals surface area contributed by atoms with Gasteiger partial charge in [-0.3, -0.25) is 0 Å². The summed E-state index contributed by atoms with van der Waals surface area (Å²) in [4.78, 5) is 0. The molecule has 0 spiro atoms. The van der Waals surface area contributed by atoms with Crippen molar-refractivity contribution >= 4 is 9.52 Å². The van der Waals surface area contributed by atoms with Crippen molar-refractivity contribution in [3.8, 4) is 0 Å². The second-order valence-electron chi connectivity index (χ2n) is 1.25. The summed E-state index contributed by atoms with van der Waals surface area (Å²) < 4.78 is 0. The second-order valence-corrected chi connectivity index (χ2v) is 2.81. The maximum absolute atomic E-state index is 3.63. The summed E-state index contributed by atoms with van der Waals surface area (Å²) in [6.07, 6.45) is 2.04. The topological polar surface area (TPSA) is 0 Å². The lowest BCUT2D eigenvalue weighted by Gasteiger charge is -1.63. The number of hydrogen-bond donors (Lipinski definition) is 0. The first kappa shape index (κ1) is 3.16. The van der Waals surface area contributed by atoms with Crippen LogP contribution in [-0.2, 0) is 0 Å². The lowest BCUT2D eigenvalue weighted by Crippen LogP contribution is -1.47. The van der Waals surface area contributed by atoms with E-state index in [2.05, 4.69) is 6.58 Å². The molecule has 1 heteroatoms. The molecule has 0 saturated carbocycles. The van der Waals surface area contributed by atoms with Crippen LogP contribution in [0.3, 0.4) is 0 Å². The minimum atomic E-state index is 0.926. The summed E-state index contributed by atoms with van der Waals surface area (Å²) in [5.74, 6) is 0. The lowest BCUT2D eigenvalue weighted by molar-refractivity contribution is 1.39. The molecule has 0 bridgehead atoms. The number of rotatable bonds is 1. The molecule has 2 radical (unpaired) electrons. The van der Waals surface area contributed by atoms with E-state index in [1.54, 1.807) is 0 Å². The minimum Gasteiger partial charge on any atom is -0.103 e. The van der Waals surface area contributed by atoms with Gasteiger partial charge >= 0.3 is 0 Å². The van der Waals surface area contributed by atoms with Gasteiger partial charge in [0, 0.05) is 9.52 Å². The average molecular weight is 82.2 g/mol. The molecule has 5 heavy (non-hydrogen) atoms. The normalized spacial score (nSPS) is 33.2. The maximum atomic E-state index is 3.63. The smallest absolute Gasteiger partial charge is 0.0463 e. The summed E-state index contributed by atoms with van der Waals surface area (Å²) in [6, 6.07) is 1.42. The fourth-order valence-corrected chi connectivity index (χ4v) is 0.704. The summed E-state index contributed by atoms with van der Waals surface area (Å²) in [5, 5.41) is 0. The summed E-state index contributed by atoms with van der Waals surface area (Å²) >= 11 is 0. The number of allylic oxidation sites excluding steroid dienone is 1. The number of hydrogen-bond acceptors (Lipinski definition) is 0. The van der Waals surface area contributed by atoms with Gasteiger partial charge in [0.1, 0.15) is 0 Å². The quantitative estimate of drug-likeness (QED) is 0.328. The Labute approximate surface area is 34.7 Å². The Bertz CT molecular complexity index is 45.6. The van der Waals surface area contributed by atoms with Crippen molar-refractivity contribution < 1.29 is 0 Å². The Kier molecular flexibility index (Phi) is 0.616. The highest BCUT2D eigenvalue weighted by Gasteiger charge is 2.17. The first-order valence-corrected chi connectivity index (χ1v) is 3.08. The molecule has 1 rings (SSSR count). The molecule has 0 unspecified atom stereocenters.